The van der Waals surface area contributed by atoms with Crippen molar-refractivity contribution in [2.24, 2.45) is 21.1 Å². The van der Waals surface area contributed by atoms with Crippen LogP contribution in [0.5, 0.6) is 0 Å². The number of anilines is 1. The first-order valence-corrected chi connectivity index (χ1v) is 9.32. The lowest BCUT2D eigenvalue weighted by Gasteiger charge is -2.12. The molecular weight excluding hydrogens is 402 g/mol. The minimum absolute atomic E-state index is 0.160. The van der Waals surface area contributed by atoms with Gasteiger partial charge in [0.25, 0.3) is 11.1 Å². The van der Waals surface area contributed by atoms with E-state index in [0.717, 1.165) is 4.57 Å². The number of hydrogen-bond donors (Lipinski definition) is 1. The molecular formula is C20H19N7O4. The second-order valence-electron chi connectivity index (χ2n) is 7.02. The smallest absolute Gasteiger partial charge is 0.324 e. The van der Waals surface area contributed by atoms with E-state index in [1.54, 1.807) is 37.4 Å². The molecule has 0 aliphatic carbocycles. The normalized spacial score (nSPS) is 11.1. The van der Waals surface area contributed by atoms with Crippen LogP contribution in [0.25, 0.3) is 22.4 Å². The molecule has 31 heavy (non-hydrogen) atoms. The van der Waals surface area contributed by atoms with Crippen molar-refractivity contribution in [3.63, 3.8) is 0 Å². The Morgan fingerprint density at radius 3 is 2.48 bits per heavy atom. The van der Waals surface area contributed by atoms with E-state index in [2.05, 4.69) is 15.4 Å². The van der Waals surface area contributed by atoms with E-state index in [1.807, 2.05) is 0 Å². The number of aromatic nitrogens is 6. The van der Waals surface area contributed by atoms with Gasteiger partial charge in [0.2, 0.25) is 5.91 Å². The SMILES string of the molecule is Cn1nc(-c2ccccc2NC(=O)Cn2cnc3c2c(=O)n(C)c(=O)n3C)ccc1=O. The summed E-state index contributed by atoms with van der Waals surface area (Å²) in [7, 11) is 4.43. The number of para-hydroxylation sites is 1. The average Bonchev–Trinajstić information content (AvgIpc) is 3.16. The van der Waals surface area contributed by atoms with Crippen molar-refractivity contribution in [1.82, 2.24) is 28.5 Å². The van der Waals surface area contributed by atoms with Crippen LogP contribution in [0.4, 0.5) is 5.69 Å². The minimum Gasteiger partial charge on any atom is -0.324 e. The number of carbonyl (C=O) groups is 1. The summed E-state index contributed by atoms with van der Waals surface area (Å²) in [6.07, 6.45) is 1.35. The highest BCUT2D eigenvalue weighted by molar-refractivity contribution is 5.95. The lowest BCUT2D eigenvalue weighted by Crippen LogP contribution is -2.37. The molecule has 11 nitrogen and oxygen atoms in total. The van der Waals surface area contributed by atoms with E-state index in [0.29, 0.717) is 16.9 Å². The highest BCUT2D eigenvalue weighted by Crippen LogP contribution is 2.25. The quantitative estimate of drug-likeness (QED) is 0.488. The van der Waals surface area contributed by atoms with Gasteiger partial charge in [-0.3, -0.25) is 23.5 Å². The standard InChI is InChI=1S/C20H19N7O4/c1-24-18-17(19(30)25(2)20(24)31)27(11-21-18)10-15(28)22-13-7-5-4-6-12(13)14-8-9-16(29)26(3)23-14/h4-9,11H,10H2,1-3H3,(H,22,28). The first-order valence-electron chi connectivity index (χ1n) is 9.32. The molecule has 1 N–H and O–H groups in total. The molecule has 11 heteroatoms. The maximum Gasteiger partial charge on any atom is 0.332 e. The van der Waals surface area contributed by atoms with E-state index in [4.69, 9.17) is 0 Å². The van der Waals surface area contributed by atoms with Gasteiger partial charge in [-0.25, -0.2) is 14.5 Å². The molecule has 4 rings (SSSR count). The van der Waals surface area contributed by atoms with Crippen LogP contribution in [-0.4, -0.2) is 34.4 Å². The summed E-state index contributed by atoms with van der Waals surface area (Å²) in [5, 5.41) is 7.04. The summed E-state index contributed by atoms with van der Waals surface area (Å²) in [5.74, 6) is -0.396. The Hall–Kier alpha value is -4.28. The maximum absolute atomic E-state index is 12.8. The molecule has 3 aromatic heterocycles. The highest BCUT2D eigenvalue weighted by Gasteiger charge is 2.17. The van der Waals surface area contributed by atoms with Gasteiger partial charge in [0.05, 0.1) is 17.7 Å². The fourth-order valence-electron chi connectivity index (χ4n) is 3.32. The number of fused-ring (bicyclic) bond motifs is 1. The third-order valence-corrected chi connectivity index (χ3v) is 4.97. The second kappa shape index (κ2) is 7.52. The number of carbonyl (C=O) groups excluding carboxylic acids is 1. The Morgan fingerprint density at radius 2 is 1.74 bits per heavy atom. The third kappa shape index (κ3) is 3.45. The molecule has 3 heterocycles. The molecule has 1 amide bonds. The van der Waals surface area contributed by atoms with Gasteiger partial charge in [0.15, 0.2) is 11.2 Å². The molecule has 158 valence electrons. The molecule has 0 fully saturated rings. The molecule has 0 saturated carbocycles. The summed E-state index contributed by atoms with van der Waals surface area (Å²) >= 11 is 0. The number of imidazole rings is 1. The van der Waals surface area contributed by atoms with Crippen molar-refractivity contribution >= 4 is 22.8 Å². The summed E-state index contributed by atoms with van der Waals surface area (Å²) in [4.78, 5) is 53.1. The Bertz CT molecular complexity index is 1510. The summed E-state index contributed by atoms with van der Waals surface area (Å²) in [6, 6.07) is 10.0. The predicted molar refractivity (Wildman–Crippen MR) is 114 cm³/mol. The highest BCUT2D eigenvalue weighted by atomic mass is 16.2. The van der Waals surface area contributed by atoms with Crippen LogP contribution in [0.3, 0.4) is 0 Å². The predicted octanol–water partition coefficient (Wildman–Crippen LogP) is -0.167. The fraction of sp³-hybridized carbons (Fsp3) is 0.200. The molecule has 4 aromatic rings. The zero-order chi connectivity index (χ0) is 22.3. The summed E-state index contributed by atoms with van der Waals surface area (Å²) < 4.78 is 4.84. The van der Waals surface area contributed by atoms with Crippen molar-refractivity contribution < 1.29 is 4.79 Å². The Balaban J connectivity index is 1.67. The zero-order valence-corrected chi connectivity index (χ0v) is 17.1. The number of aryl methyl sites for hydroxylation is 2. The van der Waals surface area contributed by atoms with E-state index in [-0.39, 0.29) is 23.3 Å². The van der Waals surface area contributed by atoms with Crippen LogP contribution < -0.4 is 22.1 Å². The lowest BCUT2D eigenvalue weighted by atomic mass is 10.1. The first kappa shape index (κ1) is 20.0. The lowest BCUT2D eigenvalue weighted by molar-refractivity contribution is -0.116. The van der Waals surface area contributed by atoms with Gasteiger partial charge >= 0.3 is 5.69 Å². The van der Waals surface area contributed by atoms with Crippen LogP contribution >= 0.6 is 0 Å². The van der Waals surface area contributed by atoms with Crippen molar-refractivity contribution in [2.75, 3.05) is 5.32 Å². The van der Waals surface area contributed by atoms with Crippen molar-refractivity contribution in [3.05, 3.63) is 73.9 Å². The molecule has 1 aromatic carbocycles. The monoisotopic (exact) mass is 421 g/mol. The molecule has 0 saturated heterocycles. The van der Waals surface area contributed by atoms with Crippen LogP contribution in [0.15, 0.2) is 57.1 Å². The van der Waals surface area contributed by atoms with Gasteiger partial charge in [-0.05, 0) is 12.1 Å². The molecule has 0 unspecified atom stereocenters. The summed E-state index contributed by atoms with van der Waals surface area (Å²) in [5.41, 5.74) is 0.763. The molecule has 0 aliphatic heterocycles. The van der Waals surface area contributed by atoms with E-state index < -0.39 is 17.2 Å². The van der Waals surface area contributed by atoms with Crippen LogP contribution in [0.2, 0.25) is 0 Å². The third-order valence-electron chi connectivity index (χ3n) is 4.97. The van der Waals surface area contributed by atoms with Gasteiger partial charge in [0, 0.05) is 32.8 Å². The van der Waals surface area contributed by atoms with Crippen LogP contribution in [0.1, 0.15) is 0 Å². The molecule has 0 radical (unpaired) electrons. The fourth-order valence-corrected chi connectivity index (χ4v) is 3.32. The van der Waals surface area contributed by atoms with Gasteiger partial charge in [-0.2, -0.15) is 5.10 Å². The Morgan fingerprint density at radius 1 is 1.00 bits per heavy atom. The second-order valence-corrected chi connectivity index (χ2v) is 7.02. The number of rotatable bonds is 4. The first-order chi connectivity index (χ1) is 14.8. The largest absolute Gasteiger partial charge is 0.332 e. The van der Waals surface area contributed by atoms with Crippen molar-refractivity contribution in [2.45, 2.75) is 6.54 Å². The van der Waals surface area contributed by atoms with E-state index in [9.17, 15) is 19.2 Å². The van der Waals surface area contributed by atoms with E-state index in [1.165, 1.54) is 40.3 Å². The van der Waals surface area contributed by atoms with Gasteiger partial charge in [0.1, 0.15) is 6.54 Å². The maximum atomic E-state index is 12.8. The zero-order valence-electron chi connectivity index (χ0n) is 17.1. The topological polar surface area (TPSA) is 126 Å². The van der Waals surface area contributed by atoms with Crippen molar-refractivity contribution in [3.8, 4) is 11.3 Å². The van der Waals surface area contributed by atoms with Crippen molar-refractivity contribution in [1.29, 1.82) is 0 Å². The van der Waals surface area contributed by atoms with Crippen LogP contribution in [0, 0.1) is 0 Å². The van der Waals surface area contributed by atoms with E-state index >= 15 is 0 Å². The van der Waals surface area contributed by atoms with Gasteiger partial charge in [-0.1, -0.05) is 18.2 Å². The Kier molecular flexibility index (Phi) is 4.85. The number of hydrogen-bond acceptors (Lipinski definition) is 6. The average molecular weight is 421 g/mol. The number of amides is 1. The number of benzene rings is 1. The Labute approximate surface area is 174 Å². The molecule has 0 atom stereocenters. The van der Waals surface area contributed by atoms with Crippen LogP contribution in [-0.2, 0) is 32.5 Å². The molecule has 0 spiro atoms. The van der Waals surface area contributed by atoms with Gasteiger partial charge < -0.3 is 9.88 Å². The number of nitrogens with zero attached hydrogens (tertiary/aromatic N) is 6. The number of nitrogens with one attached hydrogen (secondary N) is 1. The minimum atomic E-state index is -0.529. The summed E-state index contributed by atoms with van der Waals surface area (Å²) in [6.45, 7) is -0.182. The molecule has 0 bridgehead atoms. The van der Waals surface area contributed by atoms with Gasteiger partial charge in [-0.15, -0.1) is 0 Å². The molecule has 0 aliphatic rings.